The van der Waals surface area contributed by atoms with Crippen molar-refractivity contribution in [3.05, 3.63) is 0 Å². The lowest BCUT2D eigenvalue weighted by atomic mass is 9.80. The first-order valence-electron chi connectivity index (χ1n) is 6.52. The quantitative estimate of drug-likeness (QED) is 0.750. The molecular weight excluding hydrogens is 220 g/mol. The molecule has 0 aromatic heterocycles. The number of alkyl carbamates (subject to hydrolysis) is 1. The summed E-state index contributed by atoms with van der Waals surface area (Å²) in [6.07, 6.45) is 4.56. The largest absolute Gasteiger partial charge is 0.442 e. The van der Waals surface area contributed by atoms with Crippen molar-refractivity contribution in [3.8, 4) is 0 Å². The van der Waals surface area contributed by atoms with Gasteiger partial charge in [0.25, 0.3) is 0 Å². The number of hydrogen-bond acceptors (Lipinski definition) is 4. The summed E-state index contributed by atoms with van der Waals surface area (Å²) in [5, 5.41) is 2.62. The minimum atomic E-state index is -0.337. The van der Waals surface area contributed by atoms with Gasteiger partial charge in [0.1, 0.15) is 6.10 Å². The number of carbonyl (C=O) groups excluding carboxylic acids is 1. The zero-order chi connectivity index (χ0) is 12.1. The molecule has 0 bridgehead atoms. The first-order valence-corrected chi connectivity index (χ1v) is 6.52. The smallest absolute Gasteiger partial charge is 0.407 e. The number of cyclic esters (lactones) is 1. The molecule has 0 radical (unpaired) electrons. The van der Waals surface area contributed by atoms with Gasteiger partial charge in [-0.1, -0.05) is 12.8 Å². The fraction of sp³-hybridized carbons (Fsp3) is 0.917. The Morgan fingerprint density at radius 3 is 2.71 bits per heavy atom. The van der Waals surface area contributed by atoms with Crippen LogP contribution in [0.3, 0.4) is 0 Å². The van der Waals surface area contributed by atoms with Crippen LogP contribution < -0.4 is 11.1 Å². The first-order chi connectivity index (χ1) is 8.29. The Morgan fingerprint density at radius 2 is 2.06 bits per heavy atom. The summed E-state index contributed by atoms with van der Waals surface area (Å²) < 4.78 is 10.7. The summed E-state index contributed by atoms with van der Waals surface area (Å²) >= 11 is 0. The molecule has 1 saturated heterocycles. The van der Waals surface area contributed by atoms with Crippen LogP contribution in [-0.4, -0.2) is 38.5 Å². The standard InChI is InChI=1S/C12H22N2O3/c13-5-9-3-1-2-4-10(9)7-16-8-11-6-14-12(15)17-11/h9-11H,1-8,13H2,(H,14,15). The van der Waals surface area contributed by atoms with Gasteiger partial charge in [0.05, 0.1) is 13.2 Å². The second-order valence-electron chi connectivity index (χ2n) is 4.99. The number of nitrogens with two attached hydrogens (primary N) is 1. The normalized spacial score (nSPS) is 33.2. The van der Waals surface area contributed by atoms with Gasteiger partial charge >= 0.3 is 6.09 Å². The van der Waals surface area contributed by atoms with Crippen LogP contribution in [0.2, 0.25) is 0 Å². The lowest BCUT2D eigenvalue weighted by molar-refractivity contribution is 0.0129. The molecule has 0 aromatic rings. The van der Waals surface area contributed by atoms with Gasteiger partial charge in [0.15, 0.2) is 0 Å². The van der Waals surface area contributed by atoms with Crippen LogP contribution in [0.4, 0.5) is 4.79 Å². The van der Waals surface area contributed by atoms with Crippen LogP contribution in [-0.2, 0) is 9.47 Å². The van der Waals surface area contributed by atoms with E-state index in [1.54, 1.807) is 0 Å². The third-order valence-corrected chi connectivity index (χ3v) is 3.75. The fourth-order valence-electron chi connectivity index (χ4n) is 2.69. The van der Waals surface area contributed by atoms with Crippen LogP contribution in [0, 0.1) is 11.8 Å². The van der Waals surface area contributed by atoms with E-state index >= 15 is 0 Å². The van der Waals surface area contributed by atoms with Gasteiger partial charge in [0.2, 0.25) is 0 Å². The predicted octanol–water partition coefficient (Wildman–Crippen LogP) is 0.876. The summed E-state index contributed by atoms with van der Waals surface area (Å²) in [6.45, 7) is 2.56. The number of ether oxygens (including phenoxy) is 2. The van der Waals surface area contributed by atoms with Gasteiger partial charge in [-0.3, -0.25) is 0 Å². The van der Waals surface area contributed by atoms with E-state index in [0.29, 0.717) is 25.0 Å². The Kier molecular flexibility index (Phi) is 4.62. The summed E-state index contributed by atoms with van der Waals surface area (Å²) in [5.74, 6) is 1.19. The molecule has 3 atom stereocenters. The molecule has 3 unspecified atom stereocenters. The van der Waals surface area contributed by atoms with Gasteiger partial charge in [-0.25, -0.2) is 4.79 Å². The number of rotatable bonds is 5. The third-order valence-electron chi connectivity index (χ3n) is 3.75. The average molecular weight is 242 g/mol. The minimum absolute atomic E-state index is 0.123. The van der Waals surface area contributed by atoms with Crippen LogP contribution in [0.15, 0.2) is 0 Å². The lowest BCUT2D eigenvalue weighted by Gasteiger charge is -2.30. The van der Waals surface area contributed by atoms with Crippen molar-refractivity contribution in [2.24, 2.45) is 17.6 Å². The third kappa shape index (κ3) is 3.57. The molecule has 1 saturated carbocycles. The van der Waals surface area contributed by atoms with Crippen LogP contribution >= 0.6 is 0 Å². The van der Waals surface area contributed by atoms with E-state index in [-0.39, 0.29) is 12.2 Å². The van der Waals surface area contributed by atoms with Crippen LogP contribution in [0.25, 0.3) is 0 Å². The number of hydrogen-bond donors (Lipinski definition) is 2. The maximum atomic E-state index is 10.8. The highest BCUT2D eigenvalue weighted by Crippen LogP contribution is 2.29. The van der Waals surface area contributed by atoms with E-state index < -0.39 is 0 Å². The van der Waals surface area contributed by atoms with Gasteiger partial charge in [0, 0.05) is 6.61 Å². The van der Waals surface area contributed by atoms with Crippen molar-refractivity contribution >= 4 is 6.09 Å². The SMILES string of the molecule is NCC1CCCCC1COCC1CNC(=O)O1. The zero-order valence-corrected chi connectivity index (χ0v) is 10.2. The predicted molar refractivity (Wildman–Crippen MR) is 63.6 cm³/mol. The topological polar surface area (TPSA) is 73.6 Å². The van der Waals surface area contributed by atoms with Crippen molar-refractivity contribution in [3.63, 3.8) is 0 Å². The fourth-order valence-corrected chi connectivity index (χ4v) is 2.69. The molecule has 1 aliphatic carbocycles. The molecule has 0 aromatic carbocycles. The Morgan fingerprint density at radius 1 is 1.29 bits per heavy atom. The van der Waals surface area contributed by atoms with Crippen molar-refractivity contribution in [2.45, 2.75) is 31.8 Å². The first kappa shape index (κ1) is 12.6. The van der Waals surface area contributed by atoms with E-state index in [1.807, 2.05) is 0 Å². The second kappa shape index (κ2) is 6.21. The maximum Gasteiger partial charge on any atom is 0.407 e. The highest BCUT2D eigenvalue weighted by Gasteiger charge is 2.26. The van der Waals surface area contributed by atoms with Gasteiger partial charge in [-0.15, -0.1) is 0 Å². The molecule has 2 fully saturated rings. The van der Waals surface area contributed by atoms with Crippen molar-refractivity contribution in [1.29, 1.82) is 0 Å². The molecule has 3 N–H and O–H groups in total. The molecule has 17 heavy (non-hydrogen) atoms. The van der Waals surface area contributed by atoms with Crippen molar-refractivity contribution in [1.82, 2.24) is 5.32 Å². The van der Waals surface area contributed by atoms with Gasteiger partial charge in [-0.2, -0.15) is 0 Å². The second-order valence-corrected chi connectivity index (χ2v) is 4.99. The molecular formula is C12H22N2O3. The Balaban J connectivity index is 1.65. The summed E-state index contributed by atoms with van der Waals surface area (Å²) in [5.41, 5.74) is 5.77. The monoisotopic (exact) mass is 242 g/mol. The van der Waals surface area contributed by atoms with E-state index in [2.05, 4.69) is 5.32 Å². The molecule has 2 rings (SSSR count). The molecule has 5 nitrogen and oxygen atoms in total. The Bertz CT molecular complexity index is 260. The molecule has 1 heterocycles. The molecule has 0 spiro atoms. The lowest BCUT2D eigenvalue weighted by Crippen LogP contribution is -2.31. The highest BCUT2D eigenvalue weighted by molar-refractivity contribution is 5.69. The summed E-state index contributed by atoms with van der Waals surface area (Å²) in [4.78, 5) is 10.8. The number of amides is 1. The zero-order valence-electron chi connectivity index (χ0n) is 10.2. The molecule has 1 aliphatic heterocycles. The van der Waals surface area contributed by atoms with Crippen molar-refractivity contribution in [2.75, 3.05) is 26.3 Å². The number of carbonyl (C=O) groups is 1. The van der Waals surface area contributed by atoms with E-state index in [1.165, 1.54) is 25.7 Å². The number of nitrogens with one attached hydrogen (secondary N) is 1. The van der Waals surface area contributed by atoms with E-state index in [4.69, 9.17) is 15.2 Å². The molecule has 2 aliphatic rings. The van der Waals surface area contributed by atoms with E-state index in [9.17, 15) is 4.79 Å². The van der Waals surface area contributed by atoms with E-state index in [0.717, 1.165) is 13.2 Å². The molecule has 1 amide bonds. The van der Waals surface area contributed by atoms with Crippen LogP contribution in [0.1, 0.15) is 25.7 Å². The molecule has 5 heteroatoms. The summed E-state index contributed by atoms with van der Waals surface area (Å²) in [7, 11) is 0. The van der Waals surface area contributed by atoms with Crippen molar-refractivity contribution < 1.29 is 14.3 Å². The Hall–Kier alpha value is -0.810. The minimum Gasteiger partial charge on any atom is -0.442 e. The van der Waals surface area contributed by atoms with Gasteiger partial charge < -0.3 is 20.5 Å². The van der Waals surface area contributed by atoms with Gasteiger partial charge in [-0.05, 0) is 31.2 Å². The maximum absolute atomic E-state index is 10.8. The average Bonchev–Trinajstić information content (AvgIpc) is 2.76. The summed E-state index contributed by atoms with van der Waals surface area (Å²) in [6, 6.07) is 0. The van der Waals surface area contributed by atoms with Crippen LogP contribution in [0.5, 0.6) is 0 Å². The highest BCUT2D eigenvalue weighted by atomic mass is 16.6. The molecule has 98 valence electrons. The Labute approximate surface area is 102 Å².